The van der Waals surface area contributed by atoms with Gasteiger partial charge in [-0.1, -0.05) is 47.6 Å². The van der Waals surface area contributed by atoms with Crippen molar-refractivity contribution in [2.75, 3.05) is 48.9 Å². The number of benzene rings is 2. The first-order chi connectivity index (χ1) is 13.1. The van der Waals surface area contributed by atoms with E-state index in [0.717, 1.165) is 42.3 Å². The summed E-state index contributed by atoms with van der Waals surface area (Å²) in [5.74, 6) is 0.650. The molecule has 6 heteroatoms. The van der Waals surface area contributed by atoms with E-state index in [2.05, 4.69) is 35.0 Å². The van der Waals surface area contributed by atoms with Crippen LogP contribution < -0.4 is 9.80 Å². The average Bonchev–Trinajstić information content (AvgIpc) is 3.03. The van der Waals surface area contributed by atoms with E-state index in [1.807, 2.05) is 36.4 Å². The lowest BCUT2D eigenvalue weighted by Crippen LogP contribution is -2.44. The summed E-state index contributed by atoms with van der Waals surface area (Å²) in [5.41, 5.74) is 3.15. The maximum atomic E-state index is 12.9. The Morgan fingerprint density at radius 3 is 2.59 bits per heavy atom. The Hall–Kier alpha value is -1.95. The zero-order valence-corrected chi connectivity index (χ0v) is 16.8. The van der Waals surface area contributed by atoms with Gasteiger partial charge in [-0.25, -0.2) is 0 Å². The van der Waals surface area contributed by atoms with Crippen molar-refractivity contribution >= 4 is 46.7 Å². The molecule has 2 aliphatic rings. The molecule has 2 heterocycles. The molecule has 4 nitrogen and oxygen atoms in total. The van der Waals surface area contributed by atoms with Crippen LogP contribution in [-0.2, 0) is 4.79 Å². The summed E-state index contributed by atoms with van der Waals surface area (Å²) >= 11 is 7.66. The van der Waals surface area contributed by atoms with Crippen molar-refractivity contribution < 1.29 is 4.79 Å². The van der Waals surface area contributed by atoms with Crippen molar-refractivity contribution in [2.24, 2.45) is 0 Å². The van der Waals surface area contributed by atoms with Crippen LogP contribution in [0.1, 0.15) is 5.56 Å². The van der Waals surface area contributed by atoms with Crippen LogP contribution in [0.5, 0.6) is 0 Å². The van der Waals surface area contributed by atoms with Crippen molar-refractivity contribution in [2.45, 2.75) is 0 Å². The Morgan fingerprint density at radius 1 is 1.04 bits per heavy atom. The van der Waals surface area contributed by atoms with Crippen LogP contribution in [0.2, 0.25) is 5.02 Å². The molecule has 4 rings (SSSR count). The van der Waals surface area contributed by atoms with Crippen LogP contribution >= 0.6 is 23.4 Å². The van der Waals surface area contributed by atoms with Gasteiger partial charge in [0.15, 0.2) is 0 Å². The SMILES string of the molecule is CN1CCN(c2ccccc2/C=C2\SCN(c3cccc(Cl)c3)C2=O)CC1. The minimum absolute atomic E-state index is 0.0375. The second-order valence-corrected chi connectivity index (χ2v) is 8.27. The first kappa shape index (κ1) is 18.4. The lowest BCUT2D eigenvalue weighted by Gasteiger charge is -2.34. The number of hydrogen-bond acceptors (Lipinski definition) is 4. The molecular weight excluding hydrogens is 378 g/mol. The molecule has 0 saturated carbocycles. The number of para-hydroxylation sites is 1. The lowest BCUT2D eigenvalue weighted by molar-refractivity contribution is -0.113. The average molecular weight is 400 g/mol. The number of hydrogen-bond donors (Lipinski definition) is 0. The second kappa shape index (κ2) is 7.97. The summed E-state index contributed by atoms with van der Waals surface area (Å²) in [6.45, 7) is 4.13. The normalized spacial score (nSPS) is 19.9. The molecule has 0 aliphatic carbocycles. The maximum absolute atomic E-state index is 12.9. The Labute approximate surface area is 169 Å². The topological polar surface area (TPSA) is 26.8 Å². The third-order valence-electron chi connectivity index (χ3n) is 4.99. The molecule has 140 valence electrons. The van der Waals surface area contributed by atoms with Gasteiger partial charge < -0.3 is 9.80 Å². The second-order valence-electron chi connectivity index (χ2n) is 6.84. The third-order valence-corrected chi connectivity index (χ3v) is 6.22. The summed E-state index contributed by atoms with van der Waals surface area (Å²) in [4.78, 5) is 20.2. The Morgan fingerprint density at radius 2 is 1.81 bits per heavy atom. The van der Waals surface area contributed by atoms with Crippen LogP contribution in [0.4, 0.5) is 11.4 Å². The van der Waals surface area contributed by atoms with E-state index < -0.39 is 0 Å². The lowest BCUT2D eigenvalue weighted by atomic mass is 10.1. The van der Waals surface area contributed by atoms with Crippen LogP contribution in [0.25, 0.3) is 6.08 Å². The first-order valence-corrected chi connectivity index (χ1v) is 10.4. The Balaban J connectivity index is 1.58. The molecule has 2 aromatic carbocycles. The van der Waals surface area contributed by atoms with Gasteiger partial charge in [0, 0.05) is 42.6 Å². The van der Waals surface area contributed by atoms with Gasteiger partial charge >= 0.3 is 0 Å². The smallest absolute Gasteiger partial charge is 0.265 e. The van der Waals surface area contributed by atoms with E-state index >= 15 is 0 Å². The highest BCUT2D eigenvalue weighted by Gasteiger charge is 2.28. The molecule has 1 amide bonds. The standard InChI is InChI=1S/C21H22ClN3OS/c1-23-9-11-24(12-10-23)19-8-3-2-5-16(19)13-20-21(26)25(15-27-20)18-7-4-6-17(22)14-18/h2-8,13-14H,9-12,15H2,1H3/b20-13-. The molecule has 2 aromatic rings. The fourth-order valence-electron chi connectivity index (χ4n) is 3.41. The molecule has 2 aliphatic heterocycles. The number of likely N-dealkylation sites (N-methyl/N-ethyl adjacent to an activating group) is 1. The molecule has 0 spiro atoms. The number of anilines is 2. The van der Waals surface area contributed by atoms with E-state index in [4.69, 9.17) is 11.6 Å². The van der Waals surface area contributed by atoms with Crippen LogP contribution in [0, 0.1) is 0 Å². The highest BCUT2D eigenvalue weighted by atomic mass is 35.5. The van der Waals surface area contributed by atoms with Gasteiger partial charge in [-0.15, -0.1) is 0 Å². The largest absolute Gasteiger partial charge is 0.368 e. The number of nitrogens with zero attached hydrogens (tertiary/aromatic N) is 3. The molecule has 2 fully saturated rings. The number of rotatable bonds is 3. The van der Waals surface area contributed by atoms with Crippen LogP contribution in [0.15, 0.2) is 53.4 Å². The predicted molar refractivity (Wildman–Crippen MR) is 116 cm³/mol. The van der Waals surface area contributed by atoms with E-state index in [1.54, 1.807) is 16.7 Å². The molecule has 0 radical (unpaired) electrons. The summed E-state index contributed by atoms with van der Waals surface area (Å²) < 4.78 is 0. The Bertz CT molecular complexity index is 877. The molecule has 27 heavy (non-hydrogen) atoms. The van der Waals surface area contributed by atoms with Gasteiger partial charge in [-0.2, -0.15) is 0 Å². The summed E-state index contributed by atoms with van der Waals surface area (Å²) in [6.07, 6.45) is 2.03. The molecule has 0 N–H and O–H groups in total. The van der Waals surface area contributed by atoms with Crippen molar-refractivity contribution in [1.29, 1.82) is 0 Å². The summed E-state index contributed by atoms with van der Waals surface area (Å²) in [7, 11) is 2.16. The third kappa shape index (κ3) is 4.00. The minimum Gasteiger partial charge on any atom is -0.368 e. The molecule has 0 aromatic heterocycles. The van der Waals surface area contributed by atoms with Gasteiger partial charge in [0.25, 0.3) is 5.91 Å². The predicted octanol–water partition coefficient (Wildman–Crippen LogP) is 4.17. The summed E-state index contributed by atoms with van der Waals surface area (Å²) in [6, 6.07) is 15.8. The van der Waals surface area contributed by atoms with Crippen molar-refractivity contribution in [1.82, 2.24) is 4.90 Å². The van der Waals surface area contributed by atoms with Crippen molar-refractivity contribution in [3.8, 4) is 0 Å². The van der Waals surface area contributed by atoms with E-state index in [-0.39, 0.29) is 5.91 Å². The van der Waals surface area contributed by atoms with Crippen LogP contribution in [0.3, 0.4) is 0 Å². The number of carbonyl (C=O) groups is 1. The maximum Gasteiger partial charge on any atom is 0.265 e. The minimum atomic E-state index is 0.0375. The van der Waals surface area contributed by atoms with Gasteiger partial charge in [0.2, 0.25) is 0 Å². The van der Waals surface area contributed by atoms with Crippen LogP contribution in [-0.4, -0.2) is 49.9 Å². The number of piperazine rings is 1. The number of halogens is 1. The van der Waals surface area contributed by atoms with E-state index in [1.165, 1.54) is 5.69 Å². The molecule has 0 unspecified atom stereocenters. The monoisotopic (exact) mass is 399 g/mol. The van der Waals surface area contributed by atoms with Gasteiger partial charge in [0.1, 0.15) is 0 Å². The zero-order valence-electron chi connectivity index (χ0n) is 15.3. The van der Waals surface area contributed by atoms with E-state index in [9.17, 15) is 4.79 Å². The first-order valence-electron chi connectivity index (χ1n) is 9.06. The quantitative estimate of drug-likeness (QED) is 0.724. The highest BCUT2D eigenvalue weighted by molar-refractivity contribution is 8.04. The van der Waals surface area contributed by atoms with Gasteiger partial charge in [-0.3, -0.25) is 9.69 Å². The fraction of sp³-hybridized carbons (Fsp3) is 0.286. The van der Waals surface area contributed by atoms with Gasteiger partial charge in [-0.05, 0) is 43.0 Å². The number of amides is 1. The summed E-state index contributed by atoms with van der Waals surface area (Å²) in [5, 5.41) is 0.642. The van der Waals surface area contributed by atoms with Crippen molar-refractivity contribution in [3.05, 3.63) is 64.0 Å². The number of carbonyl (C=O) groups excluding carboxylic acids is 1. The molecule has 2 saturated heterocycles. The molecule has 0 bridgehead atoms. The highest BCUT2D eigenvalue weighted by Crippen LogP contribution is 2.35. The van der Waals surface area contributed by atoms with Crippen molar-refractivity contribution in [3.63, 3.8) is 0 Å². The molecular formula is C21H22ClN3OS. The van der Waals surface area contributed by atoms with E-state index in [0.29, 0.717) is 10.9 Å². The fourth-order valence-corrected chi connectivity index (χ4v) is 4.58. The molecule has 0 atom stereocenters. The zero-order chi connectivity index (χ0) is 18.8. The Kier molecular flexibility index (Phi) is 5.43. The van der Waals surface area contributed by atoms with Gasteiger partial charge in [0.05, 0.1) is 10.8 Å². The number of thioether (sulfide) groups is 1.